The first kappa shape index (κ1) is 13.9. The molecule has 0 amide bonds. The van der Waals surface area contributed by atoms with Gasteiger partial charge in [-0.05, 0) is 23.8 Å². The van der Waals surface area contributed by atoms with Crippen molar-refractivity contribution in [2.24, 2.45) is 0 Å². The third-order valence-electron chi connectivity index (χ3n) is 3.63. The fourth-order valence-corrected chi connectivity index (χ4v) is 2.48. The summed E-state index contributed by atoms with van der Waals surface area (Å²) in [4.78, 5) is 4.39. The zero-order valence-electron chi connectivity index (χ0n) is 12.2. The van der Waals surface area contributed by atoms with E-state index in [-0.39, 0.29) is 6.10 Å². The summed E-state index contributed by atoms with van der Waals surface area (Å²) in [6.45, 7) is 1.28. The van der Waals surface area contributed by atoms with Gasteiger partial charge in [-0.1, -0.05) is 12.1 Å². The summed E-state index contributed by atoms with van der Waals surface area (Å²) in [5.74, 6) is 0.900. The van der Waals surface area contributed by atoms with Crippen LogP contribution in [0.2, 0.25) is 0 Å². The van der Waals surface area contributed by atoms with Crippen LogP contribution in [0.1, 0.15) is 17.2 Å². The van der Waals surface area contributed by atoms with E-state index in [2.05, 4.69) is 33.8 Å². The molecule has 110 valence electrons. The molecule has 0 bridgehead atoms. The average Bonchev–Trinajstić information content (AvgIpc) is 2.71. The van der Waals surface area contributed by atoms with E-state index in [0.29, 0.717) is 6.61 Å². The smallest absolute Gasteiger partial charge is 0.135 e. The quantitative estimate of drug-likeness (QED) is 0.904. The van der Waals surface area contributed by atoms with Crippen molar-refractivity contribution in [1.82, 2.24) is 4.98 Å². The van der Waals surface area contributed by atoms with Gasteiger partial charge in [-0.3, -0.25) is 0 Å². The Hall–Kier alpha value is -2.11. The number of hydrogen-bond acceptors (Lipinski definition) is 5. The molecule has 1 aromatic heterocycles. The van der Waals surface area contributed by atoms with E-state index in [9.17, 15) is 0 Å². The maximum Gasteiger partial charge on any atom is 0.135 e. The molecule has 1 aromatic carbocycles. The van der Waals surface area contributed by atoms with Gasteiger partial charge in [-0.2, -0.15) is 0 Å². The van der Waals surface area contributed by atoms with Crippen molar-refractivity contribution in [2.45, 2.75) is 12.6 Å². The first-order valence-electron chi connectivity index (χ1n) is 6.92. The van der Waals surface area contributed by atoms with Crippen LogP contribution in [0.25, 0.3) is 0 Å². The molecule has 1 atom stereocenters. The Kier molecular flexibility index (Phi) is 4.03. The van der Waals surface area contributed by atoms with Crippen LogP contribution in [0.15, 0.2) is 36.5 Å². The number of nitrogens with one attached hydrogen (secondary N) is 2. The molecule has 21 heavy (non-hydrogen) atoms. The molecule has 5 heteroatoms. The third kappa shape index (κ3) is 2.84. The summed E-state index contributed by atoms with van der Waals surface area (Å²) < 4.78 is 10.7. The molecular weight excluding hydrogens is 266 g/mol. The van der Waals surface area contributed by atoms with Gasteiger partial charge in [0.2, 0.25) is 0 Å². The largest absolute Gasteiger partial charge is 0.382 e. The number of ether oxygens (including phenoxy) is 2. The topological polar surface area (TPSA) is 55.4 Å². The lowest BCUT2D eigenvalue weighted by Crippen LogP contribution is -2.09. The van der Waals surface area contributed by atoms with Crippen molar-refractivity contribution in [3.05, 3.63) is 47.7 Å². The highest BCUT2D eigenvalue weighted by atomic mass is 16.5. The van der Waals surface area contributed by atoms with Gasteiger partial charge >= 0.3 is 0 Å². The van der Waals surface area contributed by atoms with Crippen molar-refractivity contribution in [3.63, 3.8) is 0 Å². The van der Waals surface area contributed by atoms with Crippen LogP contribution in [0.3, 0.4) is 0 Å². The van der Waals surface area contributed by atoms with Crippen LogP contribution in [0.4, 0.5) is 17.2 Å². The SMILES string of the molecule is COCC(OC)c1ccc2c(c1)NCc1cccnc1N2. The number of nitrogens with zero attached hydrogens (tertiary/aromatic N) is 1. The molecule has 1 aliphatic rings. The molecule has 2 N–H and O–H groups in total. The Bertz CT molecular complexity index is 631. The lowest BCUT2D eigenvalue weighted by molar-refractivity contribution is 0.0275. The molecule has 0 saturated carbocycles. The van der Waals surface area contributed by atoms with Gasteiger partial charge in [-0.25, -0.2) is 4.98 Å². The zero-order valence-corrected chi connectivity index (χ0v) is 12.2. The summed E-state index contributed by atoms with van der Waals surface area (Å²) in [6, 6.07) is 10.2. The Morgan fingerprint density at radius 2 is 2.14 bits per heavy atom. The average molecular weight is 285 g/mol. The predicted molar refractivity (Wildman–Crippen MR) is 82.9 cm³/mol. The number of anilines is 3. The van der Waals surface area contributed by atoms with Gasteiger partial charge in [-0.15, -0.1) is 0 Å². The highest BCUT2D eigenvalue weighted by Crippen LogP contribution is 2.33. The van der Waals surface area contributed by atoms with Crippen LogP contribution in [0.5, 0.6) is 0 Å². The Morgan fingerprint density at radius 3 is 2.95 bits per heavy atom. The zero-order chi connectivity index (χ0) is 14.7. The second kappa shape index (κ2) is 6.11. The minimum absolute atomic E-state index is 0.0640. The van der Waals surface area contributed by atoms with Gasteiger partial charge in [0.15, 0.2) is 0 Å². The molecule has 2 heterocycles. The van der Waals surface area contributed by atoms with Crippen molar-refractivity contribution in [1.29, 1.82) is 0 Å². The van der Waals surface area contributed by atoms with Gasteiger partial charge < -0.3 is 20.1 Å². The fourth-order valence-electron chi connectivity index (χ4n) is 2.48. The van der Waals surface area contributed by atoms with E-state index in [0.717, 1.165) is 34.9 Å². The van der Waals surface area contributed by atoms with Crippen LogP contribution in [-0.2, 0) is 16.0 Å². The van der Waals surface area contributed by atoms with Gasteiger partial charge in [0.05, 0.1) is 18.0 Å². The van der Waals surface area contributed by atoms with E-state index in [1.54, 1.807) is 20.4 Å². The van der Waals surface area contributed by atoms with E-state index in [4.69, 9.17) is 9.47 Å². The number of fused-ring (bicyclic) bond motifs is 2. The summed E-state index contributed by atoms with van der Waals surface area (Å²) in [5, 5.41) is 6.82. The molecule has 0 fully saturated rings. The first-order valence-corrected chi connectivity index (χ1v) is 6.92. The number of pyridine rings is 1. The maximum atomic E-state index is 5.48. The summed E-state index contributed by atoms with van der Waals surface area (Å²) in [7, 11) is 3.37. The number of benzene rings is 1. The van der Waals surface area contributed by atoms with Crippen LogP contribution in [0, 0.1) is 0 Å². The number of methoxy groups -OCH3 is 2. The van der Waals surface area contributed by atoms with Crippen LogP contribution in [-0.4, -0.2) is 25.8 Å². The molecule has 5 nitrogen and oxygen atoms in total. The molecule has 2 aromatic rings. The van der Waals surface area contributed by atoms with E-state index < -0.39 is 0 Å². The molecule has 0 spiro atoms. The second-order valence-corrected chi connectivity index (χ2v) is 4.97. The van der Waals surface area contributed by atoms with Gasteiger partial charge in [0.1, 0.15) is 11.9 Å². The van der Waals surface area contributed by atoms with Crippen molar-refractivity contribution in [2.75, 3.05) is 31.5 Å². The van der Waals surface area contributed by atoms with Crippen molar-refractivity contribution in [3.8, 4) is 0 Å². The normalized spacial score (nSPS) is 14.2. The molecule has 1 aliphatic heterocycles. The molecule has 3 rings (SSSR count). The molecule has 0 radical (unpaired) electrons. The minimum Gasteiger partial charge on any atom is -0.382 e. The van der Waals surface area contributed by atoms with E-state index >= 15 is 0 Å². The van der Waals surface area contributed by atoms with E-state index in [1.807, 2.05) is 12.1 Å². The van der Waals surface area contributed by atoms with Gasteiger partial charge in [0, 0.05) is 32.5 Å². The fraction of sp³-hybridized carbons (Fsp3) is 0.312. The number of hydrogen-bond donors (Lipinski definition) is 2. The van der Waals surface area contributed by atoms with E-state index in [1.165, 1.54) is 0 Å². The van der Waals surface area contributed by atoms with Gasteiger partial charge in [0.25, 0.3) is 0 Å². The Labute approximate surface area is 124 Å². The standard InChI is InChI=1S/C16H19N3O2/c1-20-10-15(21-2)11-5-6-13-14(8-11)18-9-12-4-3-7-17-16(12)19-13/h3-8,15,18H,9-10H2,1-2H3,(H,17,19). The highest BCUT2D eigenvalue weighted by Gasteiger charge is 2.16. The highest BCUT2D eigenvalue weighted by molar-refractivity contribution is 5.77. The minimum atomic E-state index is -0.0640. The molecule has 1 unspecified atom stereocenters. The van der Waals surface area contributed by atoms with Crippen LogP contribution < -0.4 is 10.6 Å². The number of aromatic nitrogens is 1. The number of rotatable bonds is 4. The Morgan fingerprint density at radius 1 is 1.24 bits per heavy atom. The lowest BCUT2D eigenvalue weighted by atomic mass is 10.1. The Balaban J connectivity index is 1.91. The molecule has 0 aliphatic carbocycles. The van der Waals surface area contributed by atoms with Crippen molar-refractivity contribution < 1.29 is 9.47 Å². The molecule has 0 saturated heterocycles. The summed E-state index contributed by atoms with van der Waals surface area (Å²) in [6.07, 6.45) is 1.73. The lowest BCUT2D eigenvalue weighted by Gasteiger charge is -2.17. The molecular formula is C16H19N3O2. The maximum absolute atomic E-state index is 5.48. The summed E-state index contributed by atoms with van der Waals surface area (Å²) in [5.41, 5.74) is 4.30. The first-order chi connectivity index (χ1) is 10.3. The van der Waals surface area contributed by atoms with Crippen molar-refractivity contribution >= 4 is 17.2 Å². The monoisotopic (exact) mass is 285 g/mol. The predicted octanol–water partition coefficient (Wildman–Crippen LogP) is 3.08. The second-order valence-electron chi connectivity index (χ2n) is 4.97. The third-order valence-corrected chi connectivity index (χ3v) is 3.63. The summed E-state index contributed by atoms with van der Waals surface area (Å²) >= 11 is 0. The van der Waals surface area contributed by atoms with Crippen LogP contribution >= 0.6 is 0 Å².